The molecule has 0 aromatic heterocycles. The van der Waals surface area contributed by atoms with Crippen LogP contribution in [0.4, 0.5) is 5.69 Å². The van der Waals surface area contributed by atoms with Gasteiger partial charge >= 0.3 is 0 Å². The summed E-state index contributed by atoms with van der Waals surface area (Å²) < 4.78 is 5.33. The number of nitrogens with zero attached hydrogens (tertiary/aromatic N) is 1. The van der Waals surface area contributed by atoms with Gasteiger partial charge in [-0.05, 0) is 19.9 Å². The summed E-state index contributed by atoms with van der Waals surface area (Å²) in [4.78, 5) is 25.0. The lowest BCUT2D eigenvalue weighted by Gasteiger charge is -2.33. The number of Topliss-reactive ketones (excluding diaryl/α,β-unsaturated/α-hetero) is 1. The molecule has 0 saturated carbocycles. The van der Waals surface area contributed by atoms with Gasteiger partial charge in [0, 0.05) is 11.3 Å². The number of nitrogens with one attached hydrogen (secondary N) is 1. The second-order valence-corrected chi connectivity index (χ2v) is 5.19. The molecule has 1 amide bonds. The standard InChI is InChI=1S/C16H13N3O3/c1-8(20)13-9(2)22-14(18)11(7-17)16(13)10-5-3-4-6-12(10)19-15(16)21/h3-6H,18H2,1-2H3,(H,19,21). The van der Waals surface area contributed by atoms with Gasteiger partial charge in [0.1, 0.15) is 22.8 Å². The summed E-state index contributed by atoms with van der Waals surface area (Å²) >= 11 is 0. The lowest BCUT2D eigenvalue weighted by molar-refractivity contribution is -0.122. The molecular weight excluding hydrogens is 282 g/mol. The van der Waals surface area contributed by atoms with E-state index in [-0.39, 0.29) is 28.6 Å². The van der Waals surface area contributed by atoms with Crippen LogP contribution in [-0.2, 0) is 19.7 Å². The Kier molecular flexibility index (Phi) is 2.82. The Balaban J connectivity index is 2.47. The van der Waals surface area contributed by atoms with E-state index < -0.39 is 11.3 Å². The quantitative estimate of drug-likeness (QED) is 0.816. The summed E-state index contributed by atoms with van der Waals surface area (Å²) in [5.74, 6) is -0.738. The highest BCUT2D eigenvalue weighted by Crippen LogP contribution is 2.51. The first-order valence-electron chi connectivity index (χ1n) is 6.66. The molecule has 1 unspecified atom stereocenters. The number of allylic oxidation sites excluding steroid dienone is 1. The predicted octanol–water partition coefficient (Wildman–Crippen LogP) is 1.46. The molecule has 110 valence electrons. The van der Waals surface area contributed by atoms with Gasteiger partial charge in [-0.1, -0.05) is 18.2 Å². The molecule has 2 aliphatic rings. The summed E-state index contributed by atoms with van der Waals surface area (Å²) in [6.07, 6.45) is 0. The number of para-hydroxylation sites is 1. The molecule has 0 fully saturated rings. The second kappa shape index (κ2) is 4.46. The largest absolute Gasteiger partial charge is 0.445 e. The number of ether oxygens (including phenoxy) is 1. The Hall–Kier alpha value is -3.07. The van der Waals surface area contributed by atoms with Crippen molar-refractivity contribution < 1.29 is 14.3 Å². The summed E-state index contributed by atoms with van der Waals surface area (Å²) in [7, 11) is 0. The summed E-state index contributed by atoms with van der Waals surface area (Å²) in [6, 6.07) is 8.88. The van der Waals surface area contributed by atoms with Crippen LogP contribution in [0.25, 0.3) is 0 Å². The van der Waals surface area contributed by atoms with Crippen LogP contribution < -0.4 is 11.1 Å². The van der Waals surface area contributed by atoms with E-state index in [1.54, 1.807) is 31.2 Å². The van der Waals surface area contributed by atoms with Crippen molar-refractivity contribution in [3.63, 3.8) is 0 Å². The number of rotatable bonds is 1. The van der Waals surface area contributed by atoms with Crippen LogP contribution in [-0.4, -0.2) is 11.7 Å². The Morgan fingerprint density at radius 3 is 2.73 bits per heavy atom. The third-order valence-electron chi connectivity index (χ3n) is 4.00. The average Bonchev–Trinajstić information content (AvgIpc) is 2.72. The molecule has 1 aromatic carbocycles. The van der Waals surface area contributed by atoms with Gasteiger partial charge in [-0.25, -0.2) is 0 Å². The summed E-state index contributed by atoms with van der Waals surface area (Å²) in [5.41, 5.74) is 5.45. The molecule has 6 nitrogen and oxygen atoms in total. The van der Waals surface area contributed by atoms with Crippen LogP contribution >= 0.6 is 0 Å². The van der Waals surface area contributed by atoms with Crippen LogP contribution in [0.3, 0.4) is 0 Å². The fourth-order valence-electron chi connectivity index (χ4n) is 3.25. The van der Waals surface area contributed by atoms with Gasteiger partial charge in [-0.15, -0.1) is 0 Å². The van der Waals surface area contributed by atoms with Gasteiger partial charge in [0.25, 0.3) is 0 Å². The molecule has 0 saturated heterocycles. The number of carbonyl (C=O) groups excluding carboxylic acids is 2. The maximum atomic E-state index is 12.8. The highest BCUT2D eigenvalue weighted by Gasteiger charge is 2.58. The Labute approximate surface area is 126 Å². The van der Waals surface area contributed by atoms with Crippen LogP contribution in [0.2, 0.25) is 0 Å². The summed E-state index contributed by atoms with van der Waals surface area (Å²) in [5, 5.41) is 12.3. The monoisotopic (exact) mass is 295 g/mol. The van der Waals surface area contributed by atoms with Crippen molar-refractivity contribution in [1.82, 2.24) is 0 Å². The highest BCUT2D eigenvalue weighted by atomic mass is 16.5. The fraction of sp³-hybridized carbons (Fsp3) is 0.188. The van der Waals surface area contributed by atoms with E-state index in [1.807, 2.05) is 6.07 Å². The zero-order valence-electron chi connectivity index (χ0n) is 12.1. The number of nitrogens with two attached hydrogens (primary N) is 1. The van der Waals surface area contributed by atoms with Crippen LogP contribution in [0.1, 0.15) is 19.4 Å². The van der Waals surface area contributed by atoms with Crippen LogP contribution in [0, 0.1) is 11.3 Å². The fourth-order valence-corrected chi connectivity index (χ4v) is 3.25. The molecule has 0 aliphatic carbocycles. The van der Waals surface area contributed by atoms with Crippen molar-refractivity contribution >= 4 is 17.4 Å². The first-order valence-corrected chi connectivity index (χ1v) is 6.66. The Morgan fingerprint density at radius 2 is 2.09 bits per heavy atom. The Bertz CT molecular complexity index is 829. The number of hydrogen-bond acceptors (Lipinski definition) is 5. The minimum Gasteiger partial charge on any atom is -0.445 e. The van der Waals surface area contributed by atoms with Crippen LogP contribution in [0.5, 0.6) is 0 Å². The topological polar surface area (TPSA) is 105 Å². The summed E-state index contributed by atoms with van der Waals surface area (Å²) in [6.45, 7) is 2.91. The maximum absolute atomic E-state index is 12.8. The number of anilines is 1. The van der Waals surface area contributed by atoms with Gasteiger partial charge in [0.2, 0.25) is 11.8 Å². The minimum atomic E-state index is -1.54. The first-order chi connectivity index (χ1) is 10.4. The van der Waals surface area contributed by atoms with Crippen molar-refractivity contribution in [2.75, 3.05) is 5.32 Å². The minimum absolute atomic E-state index is 0.0641. The lowest BCUT2D eigenvalue weighted by Crippen LogP contribution is -2.44. The molecule has 1 aromatic rings. The smallest absolute Gasteiger partial charge is 0.245 e. The molecule has 3 rings (SSSR count). The number of nitriles is 1. The van der Waals surface area contributed by atoms with Crippen molar-refractivity contribution in [2.24, 2.45) is 5.73 Å². The third kappa shape index (κ3) is 1.48. The molecule has 0 radical (unpaired) electrons. The van der Waals surface area contributed by atoms with Gasteiger partial charge < -0.3 is 15.8 Å². The molecule has 6 heteroatoms. The zero-order valence-corrected chi connectivity index (χ0v) is 12.1. The lowest BCUT2D eigenvalue weighted by atomic mass is 9.67. The van der Waals surface area contributed by atoms with Gasteiger partial charge in [0.15, 0.2) is 5.78 Å². The van der Waals surface area contributed by atoms with E-state index in [0.717, 1.165) is 0 Å². The molecule has 1 atom stereocenters. The normalized spacial score (nSPS) is 23.0. The van der Waals surface area contributed by atoms with Gasteiger partial charge in [0.05, 0.1) is 5.57 Å². The molecule has 3 N–H and O–H groups in total. The molecule has 2 aliphatic heterocycles. The van der Waals surface area contributed by atoms with Crippen LogP contribution in [0.15, 0.2) is 47.1 Å². The number of fused-ring (bicyclic) bond motifs is 2. The van der Waals surface area contributed by atoms with E-state index in [9.17, 15) is 14.9 Å². The second-order valence-electron chi connectivity index (χ2n) is 5.19. The van der Waals surface area contributed by atoms with Gasteiger partial charge in [-0.3, -0.25) is 9.59 Å². The number of carbonyl (C=O) groups is 2. The SMILES string of the molecule is CC(=O)C1=C(C)OC(N)=C(C#N)C12C(=O)Nc1ccccc12. The number of ketones is 1. The molecule has 22 heavy (non-hydrogen) atoms. The first kappa shape index (κ1) is 13.9. The van der Waals surface area contributed by atoms with Gasteiger partial charge in [-0.2, -0.15) is 5.26 Å². The third-order valence-corrected chi connectivity index (χ3v) is 4.00. The molecule has 0 bridgehead atoms. The van der Waals surface area contributed by atoms with E-state index >= 15 is 0 Å². The predicted molar refractivity (Wildman–Crippen MR) is 78.0 cm³/mol. The number of benzene rings is 1. The van der Waals surface area contributed by atoms with Crippen molar-refractivity contribution in [1.29, 1.82) is 5.26 Å². The van der Waals surface area contributed by atoms with E-state index in [1.165, 1.54) is 6.92 Å². The number of amides is 1. The number of hydrogen-bond donors (Lipinski definition) is 2. The average molecular weight is 295 g/mol. The van der Waals surface area contributed by atoms with E-state index in [4.69, 9.17) is 10.5 Å². The molecule has 2 heterocycles. The van der Waals surface area contributed by atoms with Crippen molar-refractivity contribution in [2.45, 2.75) is 19.3 Å². The molecular formula is C16H13N3O3. The Morgan fingerprint density at radius 1 is 1.41 bits per heavy atom. The zero-order chi connectivity index (χ0) is 16.1. The van der Waals surface area contributed by atoms with Crippen molar-refractivity contribution in [3.8, 4) is 6.07 Å². The highest BCUT2D eigenvalue weighted by molar-refractivity contribution is 6.18. The van der Waals surface area contributed by atoms with E-state index in [0.29, 0.717) is 11.3 Å². The van der Waals surface area contributed by atoms with Crippen molar-refractivity contribution in [3.05, 3.63) is 52.6 Å². The molecule has 1 spiro atoms. The maximum Gasteiger partial charge on any atom is 0.245 e. The van der Waals surface area contributed by atoms with E-state index in [2.05, 4.69) is 5.32 Å².